The average molecular weight is 409 g/mol. The lowest BCUT2D eigenvalue weighted by molar-refractivity contribution is -0.142. The molecule has 3 N–H and O–H groups in total. The van der Waals surface area contributed by atoms with Gasteiger partial charge in [0.05, 0.1) is 10.9 Å². The van der Waals surface area contributed by atoms with Gasteiger partial charge in [-0.1, -0.05) is 56.3 Å². The van der Waals surface area contributed by atoms with E-state index in [-0.39, 0.29) is 17.7 Å². The van der Waals surface area contributed by atoms with Crippen molar-refractivity contribution in [2.75, 3.05) is 0 Å². The normalized spacial score (nSPS) is 13.2. The summed E-state index contributed by atoms with van der Waals surface area (Å²) in [6.45, 7) is 3.69. The second-order valence-corrected chi connectivity index (χ2v) is 7.49. The van der Waals surface area contributed by atoms with Crippen LogP contribution in [0.5, 0.6) is 0 Å². The van der Waals surface area contributed by atoms with Crippen molar-refractivity contribution in [2.45, 2.75) is 32.4 Å². The molecule has 1 aromatic heterocycles. The standard InChI is InChI=1S/C22H23N3O5/c1-13(2)12-17(21(28)29)23-19(26)18(14-8-4-3-5-9-14)25-20(27)15-10-6-7-11-16(15)24-22(25)30/h3-11,13,17-18H,12H2,1-2H3,(H,23,26)(H,24,30)(H,28,29). The highest BCUT2D eigenvalue weighted by atomic mass is 16.4. The molecule has 156 valence electrons. The number of fused-ring (bicyclic) bond motifs is 1. The maximum absolute atomic E-state index is 13.2. The van der Waals surface area contributed by atoms with Gasteiger partial charge in [0, 0.05) is 0 Å². The van der Waals surface area contributed by atoms with Crippen LogP contribution in [0.25, 0.3) is 10.9 Å². The predicted octanol–water partition coefficient (Wildman–Crippen LogP) is 1.89. The van der Waals surface area contributed by atoms with E-state index < -0.39 is 35.2 Å². The van der Waals surface area contributed by atoms with E-state index in [9.17, 15) is 24.3 Å². The molecule has 2 unspecified atom stereocenters. The highest BCUT2D eigenvalue weighted by molar-refractivity contribution is 5.88. The lowest BCUT2D eigenvalue weighted by Crippen LogP contribution is -2.49. The Kier molecular flexibility index (Phi) is 6.15. The van der Waals surface area contributed by atoms with E-state index in [0.29, 0.717) is 11.1 Å². The van der Waals surface area contributed by atoms with Crippen molar-refractivity contribution in [3.05, 3.63) is 81.0 Å². The minimum atomic E-state index is -1.32. The molecule has 8 nitrogen and oxygen atoms in total. The fourth-order valence-corrected chi connectivity index (χ4v) is 3.41. The number of carbonyl (C=O) groups excluding carboxylic acids is 1. The Hall–Kier alpha value is -3.68. The molecule has 0 bridgehead atoms. The summed E-state index contributed by atoms with van der Waals surface area (Å²) in [6, 6.07) is 12.4. The number of aromatic amines is 1. The number of benzene rings is 2. The molecule has 0 saturated heterocycles. The number of aliphatic carboxylic acids is 1. The highest BCUT2D eigenvalue weighted by Crippen LogP contribution is 2.18. The third-order valence-electron chi connectivity index (χ3n) is 4.78. The predicted molar refractivity (Wildman–Crippen MR) is 112 cm³/mol. The number of hydrogen-bond acceptors (Lipinski definition) is 4. The van der Waals surface area contributed by atoms with Crippen molar-refractivity contribution in [2.24, 2.45) is 5.92 Å². The van der Waals surface area contributed by atoms with Crippen LogP contribution >= 0.6 is 0 Å². The zero-order chi connectivity index (χ0) is 21.8. The maximum Gasteiger partial charge on any atom is 0.329 e. The molecular weight excluding hydrogens is 386 g/mol. The molecule has 0 spiro atoms. The summed E-state index contributed by atoms with van der Waals surface area (Å²) < 4.78 is 0.835. The summed E-state index contributed by atoms with van der Waals surface area (Å²) >= 11 is 0. The van der Waals surface area contributed by atoms with Crippen LogP contribution in [0.4, 0.5) is 0 Å². The van der Waals surface area contributed by atoms with E-state index in [1.165, 1.54) is 0 Å². The number of carboxylic acids is 1. The summed E-state index contributed by atoms with van der Waals surface area (Å²) in [4.78, 5) is 53.3. The van der Waals surface area contributed by atoms with Crippen LogP contribution in [0, 0.1) is 5.92 Å². The number of H-pyrrole nitrogens is 1. The van der Waals surface area contributed by atoms with Gasteiger partial charge in [-0.25, -0.2) is 14.2 Å². The second kappa shape index (κ2) is 8.77. The number of carboxylic acid groups (broad SMARTS) is 1. The summed E-state index contributed by atoms with van der Waals surface area (Å²) in [5.41, 5.74) is -0.627. The van der Waals surface area contributed by atoms with Crippen LogP contribution in [0.3, 0.4) is 0 Å². The van der Waals surface area contributed by atoms with Crippen molar-refractivity contribution in [1.29, 1.82) is 0 Å². The van der Waals surface area contributed by atoms with Crippen LogP contribution in [-0.2, 0) is 9.59 Å². The van der Waals surface area contributed by atoms with Gasteiger partial charge in [0.25, 0.3) is 5.56 Å². The number of aromatic nitrogens is 2. The summed E-state index contributed by atoms with van der Waals surface area (Å²) in [7, 11) is 0. The SMILES string of the molecule is CC(C)CC(NC(=O)C(c1ccccc1)n1c(=O)[nH]c2ccccc2c1=O)C(=O)O. The Morgan fingerprint density at radius 2 is 1.67 bits per heavy atom. The summed E-state index contributed by atoms with van der Waals surface area (Å²) in [6.07, 6.45) is 0.214. The first-order valence-corrected chi connectivity index (χ1v) is 9.61. The fourth-order valence-electron chi connectivity index (χ4n) is 3.41. The van der Waals surface area contributed by atoms with Gasteiger partial charge < -0.3 is 15.4 Å². The van der Waals surface area contributed by atoms with Gasteiger partial charge >= 0.3 is 11.7 Å². The summed E-state index contributed by atoms with van der Waals surface area (Å²) in [5.74, 6) is -1.89. The van der Waals surface area contributed by atoms with Gasteiger partial charge in [0.2, 0.25) is 5.91 Å². The van der Waals surface area contributed by atoms with Crippen molar-refractivity contribution in [3.63, 3.8) is 0 Å². The Labute approximate surface area is 172 Å². The zero-order valence-electron chi connectivity index (χ0n) is 16.7. The molecule has 0 aliphatic heterocycles. The Balaban J connectivity index is 2.15. The molecule has 30 heavy (non-hydrogen) atoms. The molecule has 1 heterocycles. The molecule has 3 rings (SSSR count). The molecule has 0 aliphatic rings. The molecule has 8 heteroatoms. The number of nitrogens with zero attached hydrogens (tertiary/aromatic N) is 1. The first-order valence-electron chi connectivity index (χ1n) is 9.61. The monoisotopic (exact) mass is 409 g/mol. The molecular formula is C22H23N3O5. The van der Waals surface area contributed by atoms with E-state index in [4.69, 9.17) is 0 Å². The summed E-state index contributed by atoms with van der Waals surface area (Å²) in [5, 5.41) is 12.2. The molecule has 3 aromatic rings. The van der Waals surface area contributed by atoms with E-state index in [1.807, 2.05) is 13.8 Å². The van der Waals surface area contributed by atoms with E-state index >= 15 is 0 Å². The Morgan fingerprint density at radius 3 is 2.30 bits per heavy atom. The van der Waals surface area contributed by atoms with Gasteiger partial charge in [-0.3, -0.25) is 9.59 Å². The van der Waals surface area contributed by atoms with Gasteiger partial charge in [0.1, 0.15) is 12.1 Å². The molecule has 2 aromatic carbocycles. The number of rotatable bonds is 7. The quantitative estimate of drug-likeness (QED) is 0.550. The van der Waals surface area contributed by atoms with Crippen molar-refractivity contribution in [1.82, 2.24) is 14.9 Å². The topological polar surface area (TPSA) is 121 Å². The first kappa shape index (κ1) is 21.0. The second-order valence-electron chi connectivity index (χ2n) is 7.49. The largest absolute Gasteiger partial charge is 0.480 e. The minimum Gasteiger partial charge on any atom is -0.480 e. The number of carbonyl (C=O) groups is 2. The van der Waals surface area contributed by atoms with Gasteiger partial charge in [0.15, 0.2) is 0 Å². The van der Waals surface area contributed by atoms with Crippen molar-refractivity contribution >= 4 is 22.8 Å². The smallest absolute Gasteiger partial charge is 0.329 e. The van der Waals surface area contributed by atoms with Crippen LogP contribution in [0.1, 0.15) is 31.9 Å². The number of nitrogens with one attached hydrogen (secondary N) is 2. The van der Waals surface area contributed by atoms with Crippen LogP contribution in [0.15, 0.2) is 64.2 Å². The lowest BCUT2D eigenvalue weighted by atomic mass is 10.0. The van der Waals surface area contributed by atoms with Crippen molar-refractivity contribution in [3.8, 4) is 0 Å². The number of amides is 1. The third kappa shape index (κ3) is 4.32. The molecule has 1 amide bonds. The number of para-hydroxylation sites is 1. The number of hydrogen-bond donors (Lipinski definition) is 3. The van der Waals surface area contributed by atoms with Gasteiger partial charge in [-0.05, 0) is 30.0 Å². The third-order valence-corrected chi connectivity index (χ3v) is 4.78. The molecule has 2 atom stereocenters. The van der Waals surface area contributed by atoms with Gasteiger partial charge in [-0.2, -0.15) is 0 Å². The van der Waals surface area contributed by atoms with E-state index in [0.717, 1.165) is 4.57 Å². The van der Waals surface area contributed by atoms with Crippen LogP contribution in [-0.4, -0.2) is 32.6 Å². The maximum atomic E-state index is 13.2. The average Bonchev–Trinajstić information content (AvgIpc) is 2.70. The molecule has 0 aliphatic carbocycles. The van der Waals surface area contributed by atoms with E-state index in [2.05, 4.69) is 10.3 Å². The minimum absolute atomic E-state index is 0.0216. The van der Waals surface area contributed by atoms with Crippen LogP contribution < -0.4 is 16.6 Å². The molecule has 0 radical (unpaired) electrons. The first-order chi connectivity index (χ1) is 14.3. The highest BCUT2D eigenvalue weighted by Gasteiger charge is 2.30. The molecule has 0 fully saturated rings. The fraction of sp³-hybridized carbons (Fsp3) is 0.273. The van der Waals surface area contributed by atoms with Crippen molar-refractivity contribution < 1.29 is 14.7 Å². The lowest BCUT2D eigenvalue weighted by Gasteiger charge is -2.23. The zero-order valence-corrected chi connectivity index (χ0v) is 16.7. The van der Waals surface area contributed by atoms with Gasteiger partial charge in [-0.15, -0.1) is 0 Å². The Morgan fingerprint density at radius 1 is 1.03 bits per heavy atom. The van der Waals surface area contributed by atoms with Crippen LogP contribution in [0.2, 0.25) is 0 Å². The Bertz CT molecular complexity index is 1180. The van der Waals surface area contributed by atoms with E-state index in [1.54, 1.807) is 54.6 Å². The molecule has 0 saturated carbocycles.